The predicted octanol–water partition coefficient (Wildman–Crippen LogP) is 2.36. The van der Waals surface area contributed by atoms with Crippen LogP contribution >= 0.6 is 11.8 Å². The van der Waals surface area contributed by atoms with E-state index in [1.807, 2.05) is 42.5 Å². The van der Waals surface area contributed by atoms with E-state index in [2.05, 4.69) is 26.1 Å². The van der Waals surface area contributed by atoms with Crippen LogP contribution in [0.25, 0.3) is 5.69 Å². The van der Waals surface area contributed by atoms with Gasteiger partial charge in [-0.25, -0.2) is 4.79 Å². The van der Waals surface area contributed by atoms with Crippen molar-refractivity contribution in [1.82, 2.24) is 20.2 Å². The average Bonchev–Trinajstić information content (AvgIpc) is 3.19. The van der Waals surface area contributed by atoms with E-state index >= 15 is 0 Å². The third-order valence-corrected chi connectivity index (χ3v) is 4.26. The Balaban J connectivity index is 1.87. The fourth-order valence-corrected chi connectivity index (χ4v) is 2.84. The molecular formula is C17H16N6O3S. The number of hydrazone groups is 1. The van der Waals surface area contributed by atoms with Crippen LogP contribution < -0.4 is 10.2 Å². The Kier molecular flexibility index (Phi) is 6.00. The molecule has 0 amide bonds. The standard InChI is InChI=1S/C17H16N6O3S/c1-25-14-11-7-6-10-13(14)18-19-15(16(24)26-2)27-17-20-21-22-23(17)12-8-4-3-5-9-12/h3-11,18H,1-2H3. The van der Waals surface area contributed by atoms with E-state index in [4.69, 9.17) is 9.47 Å². The van der Waals surface area contributed by atoms with Crippen LogP contribution in [0.2, 0.25) is 0 Å². The van der Waals surface area contributed by atoms with Gasteiger partial charge >= 0.3 is 5.97 Å². The summed E-state index contributed by atoms with van der Waals surface area (Å²) < 4.78 is 11.6. The van der Waals surface area contributed by atoms with Crippen LogP contribution in [0, 0.1) is 0 Å². The molecule has 0 saturated carbocycles. The number of para-hydroxylation sites is 3. The zero-order valence-corrected chi connectivity index (χ0v) is 15.4. The molecule has 1 heterocycles. The minimum atomic E-state index is -0.620. The van der Waals surface area contributed by atoms with Crippen molar-refractivity contribution in [3.8, 4) is 11.4 Å². The maximum Gasteiger partial charge on any atom is 0.365 e. The number of carbonyl (C=O) groups is 1. The zero-order chi connectivity index (χ0) is 19.1. The molecule has 0 radical (unpaired) electrons. The summed E-state index contributed by atoms with van der Waals surface area (Å²) >= 11 is 0.981. The van der Waals surface area contributed by atoms with E-state index in [1.54, 1.807) is 19.2 Å². The number of aromatic nitrogens is 4. The van der Waals surface area contributed by atoms with Crippen LogP contribution in [0.4, 0.5) is 5.69 Å². The lowest BCUT2D eigenvalue weighted by atomic mass is 10.3. The van der Waals surface area contributed by atoms with Crippen LogP contribution in [-0.4, -0.2) is 45.4 Å². The summed E-state index contributed by atoms with van der Waals surface area (Å²) in [4.78, 5) is 12.1. The highest BCUT2D eigenvalue weighted by atomic mass is 32.2. The molecule has 0 spiro atoms. The number of carbonyl (C=O) groups excluding carboxylic acids is 1. The van der Waals surface area contributed by atoms with E-state index in [-0.39, 0.29) is 5.04 Å². The number of nitrogens with zero attached hydrogens (tertiary/aromatic N) is 5. The molecule has 3 aromatic rings. The lowest BCUT2D eigenvalue weighted by Gasteiger charge is -2.09. The van der Waals surface area contributed by atoms with Gasteiger partial charge in [-0.1, -0.05) is 30.3 Å². The molecule has 0 atom stereocenters. The van der Waals surface area contributed by atoms with Gasteiger partial charge in [0.15, 0.2) is 0 Å². The summed E-state index contributed by atoms with van der Waals surface area (Å²) in [6.45, 7) is 0. The summed E-state index contributed by atoms with van der Waals surface area (Å²) in [5, 5.41) is 16.2. The number of rotatable bonds is 5. The second-order valence-electron chi connectivity index (χ2n) is 5.03. The maximum absolute atomic E-state index is 12.1. The van der Waals surface area contributed by atoms with E-state index in [9.17, 15) is 4.79 Å². The average molecular weight is 384 g/mol. The first kappa shape index (κ1) is 18.4. The van der Waals surface area contributed by atoms with Gasteiger partial charge < -0.3 is 9.47 Å². The van der Waals surface area contributed by atoms with Gasteiger partial charge in [-0.05, 0) is 46.5 Å². The highest BCUT2D eigenvalue weighted by Crippen LogP contribution is 2.24. The summed E-state index contributed by atoms with van der Waals surface area (Å²) in [5.74, 6) is -0.0328. The van der Waals surface area contributed by atoms with Gasteiger partial charge in [0.25, 0.3) is 0 Å². The number of hydrogen-bond acceptors (Lipinski definition) is 9. The third kappa shape index (κ3) is 4.42. The molecule has 0 bridgehead atoms. The fourth-order valence-electron chi connectivity index (χ4n) is 2.11. The van der Waals surface area contributed by atoms with E-state index in [1.165, 1.54) is 11.8 Å². The zero-order valence-electron chi connectivity index (χ0n) is 14.6. The molecule has 0 aliphatic carbocycles. The molecule has 0 unspecified atom stereocenters. The van der Waals surface area contributed by atoms with Gasteiger partial charge in [-0.15, -0.1) is 5.10 Å². The van der Waals surface area contributed by atoms with Crippen molar-refractivity contribution in [2.24, 2.45) is 5.10 Å². The second-order valence-corrected chi connectivity index (χ2v) is 5.99. The number of benzene rings is 2. The number of anilines is 1. The topological polar surface area (TPSA) is 104 Å². The molecule has 138 valence electrons. The Morgan fingerprint density at radius 2 is 1.85 bits per heavy atom. The van der Waals surface area contributed by atoms with Crippen LogP contribution in [0.3, 0.4) is 0 Å². The highest BCUT2D eigenvalue weighted by Gasteiger charge is 2.19. The van der Waals surface area contributed by atoms with Gasteiger partial charge in [-0.2, -0.15) is 9.78 Å². The van der Waals surface area contributed by atoms with Crippen molar-refractivity contribution in [2.45, 2.75) is 5.16 Å². The lowest BCUT2D eigenvalue weighted by Crippen LogP contribution is -2.15. The first-order valence-electron chi connectivity index (χ1n) is 7.79. The fraction of sp³-hybridized carbons (Fsp3) is 0.118. The molecule has 2 aromatic carbocycles. The number of thioether (sulfide) groups is 1. The monoisotopic (exact) mass is 384 g/mol. The molecule has 0 fully saturated rings. The highest BCUT2D eigenvalue weighted by molar-refractivity contribution is 8.15. The Labute approximate surface area is 159 Å². The van der Waals surface area contributed by atoms with Gasteiger partial charge in [0, 0.05) is 0 Å². The predicted molar refractivity (Wildman–Crippen MR) is 101 cm³/mol. The SMILES string of the molecule is COC(=O)C(=NNc1ccccc1OC)Sc1nnnn1-c1ccccc1. The Bertz CT molecular complexity index is 945. The van der Waals surface area contributed by atoms with E-state index < -0.39 is 5.97 Å². The molecule has 27 heavy (non-hydrogen) atoms. The van der Waals surface area contributed by atoms with Crippen molar-refractivity contribution in [3.05, 3.63) is 54.6 Å². The molecule has 0 aliphatic heterocycles. The summed E-state index contributed by atoms with van der Waals surface area (Å²) in [7, 11) is 2.83. The molecule has 1 N–H and O–H groups in total. The smallest absolute Gasteiger partial charge is 0.365 e. The summed E-state index contributed by atoms with van der Waals surface area (Å²) in [6, 6.07) is 16.5. The van der Waals surface area contributed by atoms with E-state index in [0.29, 0.717) is 16.6 Å². The van der Waals surface area contributed by atoms with Gasteiger partial charge in [0.2, 0.25) is 10.2 Å². The Hall–Kier alpha value is -3.40. The summed E-state index contributed by atoms with van der Waals surface area (Å²) in [6.07, 6.45) is 0. The van der Waals surface area contributed by atoms with Crippen LogP contribution in [-0.2, 0) is 9.53 Å². The number of hydrogen-bond donors (Lipinski definition) is 1. The number of ether oxygens (including phenoxy) is 2. The Morgan fingerprint density at radius 3 is 2.59 bits per heavy atom. The van der Waals surface area contributed by atoms with Crippen LogP contribution in [0.5, 0.6) is 5.75 Å². The van der Waals surface area contributed by atoms with Crippen molar-refractivity contribution in [2.75, 3.05) is 19.6 Å². The minimum Gasteiger partial charge on any atom is -0.495 e. The number of tetrazole rings is 1. The Morgan fingerprint density at radius 1 is 1.11 bits per heavy atom. The molecule has 9 nitrogen and oxygen atoms in total. The summed E-state index contributed by atoms with van der Waals surface area (Å²) in [5.41, 5.74) is 4.17. The molecule has 1 aromatic heterocycles. The van der Waals surface area contributed by atoms with Crippen molar-refractivity contribution >= 4 is 28.5 Å². The largest absolute Gasteiger partial charge is 0.495 e. The van der Waals surface area contributed by atoms with Crippen molar-refractivity contribution in [1.29, 1.82) is 0 Å². The molecule has 0 saturated heterocycles. The molecule has 0 aliphatic rings. The van der Waals surface area contributed by atoms with Crippen molar-refractivity contribution < 1.29 is 14.3 Å². The quantitative estimate of drug-likeness (QED) is 0.235. The lowest BCUT2D eigenvalue weighted by molar-refractivity contribution is -0.132. The first-order chi connectivity index (χ1) is 13.2. The maximum atomic E-state index is 12.1. The second kappa shape index (κ2) is 8.81. The number of nitrogens with one attached hydrogen (secondary N) is 1. The number of esters is 1. The molecule has 10 heteroatoms. The number of methoxy groups -OCH3 is 2. The third-order valence-electron chi connectivity index (χ3n) is 3.37. The van der Waals surface area contributed by atoms with Gasteiger partial charge in [0.05, 0.1) is 25.6 Å². The molecule has 3 rings (SSSR count). The molecular weight excluding hydrogens is 368 g/mol. The normalized spacial score (nSPS) is 11.1. The van der Waals surface area contributed by atoms with Crippen molar-refractivity contribution in [3.63, 3.8) is 0 Å². The van der Waals surface area contributed by atoms with E-state index in [0.717, 1.165) is 17.4 Å². The van der Waals surface area contributed by atoms with Gasteiger partial charge in [-0.3, -0.25) is 5.43 Å². The first-order valence-corrected chi connectivity index (χ1v) is 8.61. The van der Waals surface area contributed by atoms with Crippen LogP contribution in [0.15, 0.2) is 64.9 Å². The van der Waals surface area contributed by atoms with Gasteiger partial charge in [0.1, 0.15) is 5.75 Å². The van der Waals surface area contributed by atoms with Crippen LogP contribution in [0.1, 0.15) is 0 Å². The minimum absolute atomic E-state index is 0.0374.